The molecule has 0 aliphatic carbocycles. The third-order valence-electron chi connectivity index (χ3n) is 2.93. The zero-order chi connectivity index (χ0) is 13.7. The van der Waals surface area contributed by atoms with E-state index >= 15 is 0 Å². The average Bonchev–Trinajstić information content (AvgIpc) is 2.25. The molecule has 0 radical (unpaired) electrons. The van der Waals surface area contributed by atoms with E-state index in [1.165, 1.54) is 5.56 Å². The average molecular weight is 249 g/mol. The molecule has 1 atom stereocenters. The predicted octanol–water partition coefficient (Wildman–Crippen LogP) is 0.981. The van der Waals surface area contributed by atoms with Crippen LogP contribution in [0.15, 0.2) is 18.2 Å². The van der Waals surface area contributed by atoms with E-state index < -0.39 is 6.04 Å². The summed E-state index contributed by atoms with van der Waals surface area (Å²) in [5.74, 6) is -0.333. The molecule has 4 heteroatoms. The van der Waals surface area contributed by atoms with Crippen molar-refractivity contribution in [2.24, 2.45) is 5.73 Å². The standard InChI is InChI=1S/C14H23N3O/c1-10-5-6-12(11(2)9-10)13(14(15)18)16-7-8-17(3)4/h5-6,9,13,16H,7-8H2,1-4H3,(H2,15,18). The second kappa shape index (κ2) is 6.52. The Morgan fingerprint density at radius 1 is 1.39 bits per heavy atom. The van der Waals surface area contributed by atoms with Crippen molar-refractivity contribution in [3.05, 3.63) is 34.9 Å². The molecule has 1 rings (SSSR count). The number of nitrogens with one attached hydrogen (secondary N) is 1. The SMILES string of the molecule is Cc1ccc(C(NCCN(C)C)C(N)=O)c(C)c1. The first kappa shape index (κ1) is 14.7. The fraction of sp³-hybridized carbons (Fsp3) is 0.500. The van der Waals surface area contributed by atoms with Gasteiger partial charge in [-0.3, -0.25) is 4.79 Å². The molecule has 0 aliphatic heterocycles. The van der Waals surface area contributed by atoms with E-state index in [-0.39, 0.29) is 5.91 Å². The van der Waals surface area contributed by atoms with Crippen molar-refractivity contribution in [3.8, 4) is 0 Å². The Labute approximate surface area is 109 Å². The van der Waals surface area contributed by atoms with Gasteiger partial charge in [-0.2, -0.15) is 0 Å². The van der Waals surface area contributed by atoms with Gasteiger partial charge in [0.25, 0.3) is 0 Å². The zero-order valence-corrected chi connectivity index (χ0v) is 11.7. The third-order valence-corrected chi connectivity index (χ3v) is 2.93. The highest BCUT2D eigenvalue weighted by molar-refractivity contribution is 5.81. The van der Waals surface area contributed by atoms with Crippen LogP contribution in [-0.4, -0.2) is 38.0 Å². The van der Waals surface area contributed by atoms with E-state index in [4.69, 9.17) is 5.73 Å². The highest BCUT2D eigenvalue weighted by Gasteiger charge is 2.18. The van der Waals surface area contributed by atoms with Gasteiger partial charge >= 0.3 is 0 Å². The Balaban J connectivity index is 2.81. The van der Waals surface area contributed by atoms with Gasteiger partial charge in [0.05, 0.1) is 0 Å². The summed E-state index contributed by atoms with van der Waals surface area (Å²) in [6.07, 6.45) is 0. The minimum absolute atomic E-state index is 0.333. The van der Waals surface area contributed by atoms with Crippen molar-refractivity contribution in [1.82, 2.24) is 10.2 Å². The Morgan fingerprint density at radius 3 is 2.56 bits per heavy atom. The first-order valence-electron chi connectivity index (χ1n) is 6.16. The van der Waals surface area contributed by atoms with E-state index in [1.54, 1.807) is 0 Å². The third kappa shape index (κ3) is 4.13. The predicted molar refractivity (Wildman–Crippen MR) is 74.4 cm³/mol. The summed E-state index contributed by atoms with van der Waals surface area (Å²) in [4.78, 5) is 13.6. The lowest BCUT2D eigenvalue weighted by atomic mass is 9.99. The second-order valence-electron chi connectivity index (χ2n) is 4.95. The number of nitrogens with two attached hydrogens (primary N) is 1. The smallest absolute Gasteiger partial charge is 0.239 e. The van der Waals surface area contributed by atoms with Crippen LogP contribution in [0, 0.1) is 13.8 Å². The van der Waals surface area contributed by atoms with Crippen LogP contribution in [0.1, 0.15) is 22.7 Å². The zero-order valence-electron chi connectivity index (χ0n) is 11.7. The number of aryl methyl sites for hydroxylation is 2. The van der Waals surface area contributed by atoms with Crippen LogP contribution in [0.2, 0.25) is 0 Å². The number of amides is 1. The van der Waals surface area contributed by atoms with Crippen LogP contribution in [0.25, 0.3) is 0 Å². The molecule has 3 N–H and O–H groups in total. The summed E-state index contributed by atoms with van der Waals surface area (Å²) in [5, 5.41) is 3.21. The Bertz CT molecular complexity index is 416. The van der Waals surface area contributed by atoms with Crippen LogP contribution in [0.3, 0.4) is 0 Å². The van der Waals surface area contributed by atoms with Crippen molar-refractivity contribution < 1.29 is 4.79 Å². The molecule has 0 saturated carbocycles. The van der Waals surface area contributed by atoms with Crippen molar-refractivity contribution in [3.63, 3.8) is 0 Å². The number of rotatable bonds is 6. The van der Waals surface area contributed by atoms with Crippen molar-refractivity contribution >= 4 is 5.91 Å². The van der Waals surface area contributed by atoms with Gasteiger partial charge in [-0.15, -0.1) is 0 Å². The number of nitrogens with zero attached hydrogens (tertiary/aromatic N) is 1. The van der Waals surface area contributed by atoms with E-state index in [1.807, 2.05) is 40.1 Å². The summed E-state index contributed by atoms with van der Waals surface area (Å²) in [7, 11) is 4.00. The van der Waals surface area contributed by atoms with Gasteiger partial charge in [-0.1, -0.05) is 23.8 Å². The van der Waals surface area contributed by atoms with Gasteiger partial charge < -0.3 is 16.0 Å². The molecule has 1 amide bonds. The van der Waals surface area contributed by atoms with Crippen LogP contribution < -0.4 is 11.1 Å². The molecule has 100 valence electrons. The molecule has 1 aromatic rings. The first-order chi connectivity index (χ1) is 8.41. The minimum atomic E-state index is -0.412. The van der Waals surface area contributed by atoms with Crippen molar-refractivity contribution in [1.29, 1.82) is 0 Å². The summed E-state index contributed by atoms with van der Waals surface area (Å²) >= 11 is 0. The van der Waals surface area contributed by atoms with Crippen LogP contribution in [0.4, 0.5) is 0 Å². The lowest BCUT2D eigenvalue weighted by Crippen LogP contribution is -2.37. The van der Waals surface area contributed by atoms with E-state index in [9.17, 15) is 4.79 Å². The Hall–Kier alpha value is -1.39. The molecule has 0 saturated heterocycles. The molecule has 0 aliphatic rings. The number of carbonyl (C=O) groups excluding carboxylic acids is 1. The van der Waals surface area contributed by atoms with Gasteiger partial charge in [0, 0.05) is 13.1 Å². The fourth-order valence-corrected chi connectivity index (χ4v) is 1.95. The van der Waals surface area contributed by atoms with Crippen LogP contribution >= 0.6 is 0 Å². The molecule has 18 heavy (non-hydrogen) atoms. The van der Waals surface area contributed by atoms with Crippen molar-refractivity contribution in [2.45, 2.75) is 19.9 Å². The molecule has 4 nitrogen and oxygen atoms in total. The molecular weight excluding hydrogens is 226 g/mol. The maximum absolute atomic E-state index is 11.6. The Morgan fingerprint density at radius 2 is 2.06 bits per heavy atom. The van der Waals surface area contributed by atoms with Gasteiger partial charge in [0.15, 0.2) is 0 Å². The lowest BCUT2D eigenvalue weighted by Gasteiger charge is -2.19. The molecule has 0 bridgehead atoms. The highest BCUT2D eigenvalue weighted by Crippen LogP contribution is 2.18. The molecule has 0 spiro atoms. The topological polar surface area (TPSA) is 58.4 Å². The number of carbonyl (C=O) groups is 1. The first-order valence-corrected chi connectivity index (χ1v) is 6.16. The molecule has 0 aromatic heterocycles. The molecule has 1 unspecified atom stereocenters. The molecule has 0 heterocycles. The second-order valence-corrected chi connectivity index (χ2v) is 4.95. The summed E-state index contributed by atoms with van der Waals surface area (Å²) in [5.41, 5.74) is 8.72. The number of hydrogen-bond acceptors (Lipinski definition) is 3. The molecule has 0 fully saturated rings. The quantitative estimate of drug-likeness (QED) is 0.790. The highest BCUT2D eigenvalue weighted by atomic mass is 16.1. The number of benzene rings is 1. The molecular formula is C14H23N3O. The monoisotopic (exact) mass is 249 g/mol. The van der Waals surface area contributed by atoms with Gasteiger partial charge in [-0.05, 0) is 39.1 Å². The lowest BCUT2D eigenvalue weighted by molar-refractivity contribution is -0.120. The van der Waals surface area contributed by atoms with Gasteiger partial charge in [0.2, 0.25) is 5.91 Å². The number of hydrogen-bond donors (Lipinski definition) is 2. The maximum Gasteiger partial charge on any atom is 0.239 e. The Kier molecular flexibility index (Phi) is 5.31. The summed E-state index contributed by atoms with van der Waals surface area (Å²) in [6, 6.07) is 5.64. The normalized spacial score (nSPS) is 12.7. The van der Waals surface area contributed by atoms with E-state index in [2.05, 4.69) is 16.3 Å². The number of likely N-dealkylation sites (N-methyl/N-ethyl adjacent to an activating group) is 1. The van der Waals surface area contributed by atoms with E-state index in [0.29, 0.717) is 0 Å². The largest absolute Gasteiger partial charge is 0.368 e. The number of primary amides is 1. The van der Waals surface area contributed by atoms with Crippen LogP contribution in [-0.2, 0) is 4.79 Å². The summed E-state index contributed by atoms with van der Waals surface area (Å²) in [6.45, 7) is 5.64. The van der Waals surface area contributed by atoms with Gasteiger partial charge in [0.1, 0.15) is 6.04 Å². The van der Waals surface area contributed by atoms with E-state index in [0.717, 1.165) is 24.2 Å². The minimum Gasteiger partial charge on any atom is -0.368 e. The molecule has 1 aromatic carbocycles. The maximum atomic E-state index is 11.6. The summed E-state index contributed by atoms with van der Waals surface area (Å²) < 4.78 is 0. The fourth-order valence-electron chi connectivity index (χ4n) is 1.95. The van der Waals surface area contributed by atoms with Gasteiger partial charge in [-0.25, -0.2) is 0 Å². The van der Waals surface area contributed by atoms with Crippen LogP contribution in [0.5, 0.6) is 0 Å². The van der Waals surface area contributed by atoms with Crippen molar-refractivity contribution in [2.75, 3.05) is 27.2 Å².